The summed E-state index contributed by atoms with van der Waals surface area (Å²) in [7, 11) is -5.72. The van der Waals surface area contributed by atoms with Crippen molar-refractivity contribution in [3.63, 3.8) is 0 Å². The van der Waals surface area contributed by atoms with E-state index in [9.17, 15) is 21.6 Å². The maximum Gasteiger partial charge on any atom is 0.523 e. The quantitative estimate of drug-likeness (QED) is 0.558. The van der Waals surface area contributed by atoms with Gasteiger partial charge in [0, 0.05) is 5.92 Å². The molecule has 142 valence electrons. The molecule has 0 unspecified atom stereocenters. The molecule has 5 nitrogen and oxygen atoms in total. The number of halogens is 3. The molecule has 1 aliphatic rings. The summed E-state index contributed by atoms with van der Waals surface area (Å²) in [5.41, 5.74) is -4.66. The van der Waals surface area contributed by atoms with E-state index in [4.69, 9.17) is 9.47 Å². The lowest BCUT2D eigenvalue weighted by molar-refractivity contribution is -0.173. The fraction of sp³-hybridized carbons (Fsp3) is 0.625. The fourth-order valence-corrected chi connectivity index (χ4v) is 3.43. The van der Waals surface area contributed by atoms with Crippen LogP contribution in [0.3, 0.4) is 0 Å². The van der Waals surface area contributed by atoms with Gasteiger partial charge in [-0.3, -0.25) is 4.18 Å². The number of rotatable bonds is 6. The number of hydrogen-bond acceptors (Lipinski definition) is 5. The summed E-state index contributed by atoms with van der Waals surface area (Å²) in [6.45, 7) is 3.48. The van der Waals surface area contributed by atoms with Gasteiger partial charge in [0.1, 0.15) is 6.10 Å². The highest BCUT2D eigenvalue weighted by Gasteiger charge is 2.51. The molecule has 0 aliphatic carbocycles. The standard InChI is InChI=1S/C16H21F3O5S/c1-3-13-11(2)15(23-9-12-7-5-4-6-8-12)14(10-22-13)24-25(20,21)16(17,18)19/h4-8,11,13-15H,3,9-10H2,1-2H3/t11-,13+,14-,15-/m0/s1. The third-order valence-corrected chi connectivity index (χ3v) is 5.23. The van der Waals surface area contributed by atoms with Gasteiger partial charge in [0.2, 0.25) is 0 Å². The number of hydrogen-bond donors (Lipinski definition) is 0. The molecule has 0 spiro atoms. The predicted octanol–water partition coefficient (Wildman–Crippen LogP) is 3.25. The maximum absolute atomic E-state index is 12.6. The van der Waals surface area contributed by atoms with Crippen molar-refractivity contribution in [2.75, 3.05) is 6.61 Å². The first-order valence-electron chi connectivity index (χ1n) is 7.92. The first-order valence-corrected chi connectivity index (χ1v) is 9.33. The van der Waals surface area contributed by atoms with Gasteiger partial charge in [-0.15, -0.1) is 0 Å². The monoisotopic (exact) mass is 382 g/mol. The third kappa shape index (κ3) is 4.93. The molecule has 25 heavy (non-hydrogen) atoms. The fourth-order valence-electron chi connectivity index (χ4n) is 2.83. The molecular formula is C16H21F3O5S. The topological polar surface area (TPSA) is 61.8 Å². The van der Waals surface area contributed by atoms with Crippen LogP contribution in [0.2, 0.25) is 0 Å². The Morgan fingerprint density at radius 2 is 1.88 bits per heavy atom. The van der Waals surface area contributed by atoms with Gasteiger partial charge in [0.25, 0.3) is 0 Å². The summed E-state index contributed by atoms with van der Waals surface area (Å²) < 4.78 is 76.1. The van der Waals surface area contributed by atoms with Gasteiger partial charge < -0.3 is 9.47 Å². The van der Waals surface area contributed by atoms with Crippen LogP contribution in [0.5, 0.6) is 0 Å². The molecule has 1 saturated heterocycles. The normalized spacial score (nSPS) is 28.0. The van der Waals surface area contributed by atoms with Crippen molar-refractivity contribution < 1.29 is 35.2 Å². The van der Waals surface area contributed by atoms with Crippen molar-refractivity contribution in [1.82, 2.24) is 0 Å². The van der Waals surface area contributed by atoms with E-state index in [2.05, 4.69) is 4.18 Å². The Balaban J connectivity index is 2.15. The molecule has 1 fully saturated rings. The van der Waals surface area contributed by atoms with Crippen molar-refractivity contribution in [2.45, 2.75) is 50.7 Å². The molecule has 1 aromatic rings. The highest BCUT2D eigenvalue weighted by Crippen LogP contribution is 2.33. The molecule has 1 heterocycles. The Bertz CT molecular complexity index is 647. The van der Waals surface area contributed by atoms with Gasteiger partial charge in [0.05, 0.1) is 25.4 Å². The zero-order valence-corrected chi connectivity index (χ0v) is 14.7. The van der Waals surface area contributed by atoms with E-state index in [1.165, 1.54) is 0 Å². The minimum Gasteiger partial charge on any atom is -0.375 e. The maximum atomic E-state index is 12.6. The summed E-state index contributed by atoms with van der Waals surface area (Å²) in [5.74, 6) is -0.323. The van der Waals surface area contributed by atoms with Crippen LogP contribution in [0.1, 0.15) is 25.8 Å². The molecule has 1 aromatic carbocycles. The lowest BCUT2D eigenvalue weighted by atomic mass is 9.90. The molecule has 0 amide bonds. The van der Waals surface area contributed by atoms with Crippen LogP contribution in [0.25, 0.3) is 0 Å². The smallest absolute Gasteiger partial charge is 0.375 e. The zero-order valence-electron chi connectivity index (χ0n) is 13.9. The molecule has 0 saturated carbocycles. The van der Waals surface area contributed by atoms with E-state index < -0.39 is 27.8 Å². The van der Waals surface area contributed by atoms with Gasteiger partial charge in [0.15, 0.2) is 0 Å². The average Bonchev–Trinajstić information content (AvgIpc) is 2.54. The Labute approximate surface area is 145 Å². The van der Waals surface area contributed by atoms with E-state index in [0.717, 1.165) is 5.56 Å². The second-order valence-corrected chi connectivity index (χ2v) is 7.50. The summed E-state index contributed by atoms with van der Waals surface area (Å²) >= 11 is 0. The number of ether oxygens (including phenoxy) is 2. The molecule has 0 N–H and O–H groups in total. The van der Waals surface area contributed by atoms with Gasteiger partial charge in [-0.2, -0.15) is 21.6 Å². The van der Waals surface area contributed by atoms with Gasteiger partial charge in [-0.05, 0) is 12.0 Å². The lowest BCUT2D eigenvalue weighted by Crippen LogP contribution is -2.51. The van der Waals surface area contributed by atoms with E-state index in [-0.39, 0.29) is 25.2 Å². The van der Waals surface area contributed by atoms with Crippen LogP contribution in [-0.2, 0) is 30.4 Å². The van der Waals surface area contributed by atoms with Crippen LogP contribution >= 0.6 is 0 Å². The molecule has 9 heteroatoms. The lowest BCUT2D eigenvalue weighted by Gasteiger charge is -2.40. The Hall–Kier alpha value is -1.16. The van der Waals surface area contributed by atoms with Crippen molar-refractivity contribution in [1.29, 1.82) is 0 Å². The Morgan fingerprint density at radius 1 is 1.24 bits per heavy atom. The first kappa shape index (κ1) is 20.2. The van der Waals surface area contributed by atoms with E-state index in [0.29, 0.717) is 6.42 Å². The molecule has 2 rings (SSSR count). The number of benzene rings is 1. The summed E-state index contributed by atoms with van der Waals surface area (Å²) in [4.78, 5) is 0. The van der Waals surface area contributed by atoms with E-state index >= 15 is 0 Å². The molecule has 0 bridgehead atoms. The van der Waals surface area contributed by atoms with Gasteiger partial charge in [-0.1, -0.05) is 44.2 Å². The van der Waals surface area contributed by atoms with Crippen molar-refractivity contribution in [2.24, 2.45) is 5.92 Å². The van der Waals surface area contributed by atoms with Crippen molar-refractivity contribution in [3.05, 3.63) is 35.9 Å². The second kappa shape index (κ2) is 8.03. The van der Waals surface area contributed by atoms with Crippen LogP contribution in [-0.4, -0.2) is 38.8 Å². The van der Waals surface area contributed by atoms with Crippen LogP contribution in [0.15, 0.2) is 30.3 Å². The zero-order chi connectivity index (χ0) is 18.7. The Morgan fingerprint density at radius 3 is 2.44 bits per heavy atom. The molecule has 0 aromatic heterocycles. The first-order chi connectivity index (χ1) is 11.7. The van der Waals surface area contributed by atoms with E-state index in [1.807, 2.05) is 37.3 Å². The van der Waals surface area contributed by atoms with E-state index in [1.54, 1.807) is 6.92 Å². The summed E-state index contributed by atoms with van der Waals surface area (Å²) in [6.07, 6.45) is -1.80. The highest BCUT2D eigenvalue weighted by atomic mass is 32.2. The SMILES string of the molecule is CC[C@H]1OC[C@H](OS(=O)(=O)C(F)(F)F)[C@@H](OCc2ccccc2)[C@H]1C. The van der Waals surface area contributed by atoms with Crippen molar-refractivity contribution in [3.8, 4) is 0 Å². The minimum absolute atomic E-state index is 0.137. The highest BCUT2D eigenvalue weighted by molar-refractivity contribution is 7.87. The molecule has 0 radical (unpaired) electrons. The Kier molecular flexibility index (Phi) is 6.47. The summed E-state index contributed by atoms with van der Waals surface area (Å²) in [6, 6.07) is 9.06. The second-order valence-electron chi connectivity index (χ2n) is 5.93. The van der Waals surface area contributed by atoms with Crippen molar-refractivity contribution >= 4 is 10.1 Å². The predicted molar refractivity (Wildman–Crippen MR) is 84.1 cm³/mol. The largest absolute Gasteiger partial charge is 0.523 e. The summed E-state index contributed by atoms with van der Waals surface area (Å²) in [5, 5.41) is 0. The third-order valence-electron chi connectivity index (χ3n) is 4.17. The molecule has 1 aliphatic heterocycles. The van der Waals surface area contributed by atoms with Crippen LogP contribution < -0.4 is 0 Å². The van der Waals surface area contributed by atoms with Gasteiger partial charge >= 0.3 is 15.6 Å². The number of alkyl halides is 3. The molecule has 4 atom stereocenters. The van der Waals surface area contributed by atoms with Crippen LogP contribution in [0, 0.1) is 5.92 Å². The van der Waals surface area contributed by atoms with Gasteiger partial charge in [-0.25, -0.2) is 0 Å². The minimum atomic E-state index is -5.72. The average molecular weight is 382 g/mol. The molecular weight excluding hydrogens is 361 g/mol. The van der Waals surface area contributed by atoms with Crippen LogP contribution in [0.4, 0.5) is 13.2 Å².